The molecule has 0 unspecified atom stereocenters. The maximum absolute atomic E-state index is 12.9. The van der Waals surface area contributed by atoms with Gasteiger partial charge < -0.3 is 9.72 Å². The number of rotatable bonds is 4. The molecule has 152 valence electrons. The van der Waals surface area contributed by atoms with E-state index in [4.69, 9.17) is 16.3 Å². The van der Waals surface area contributed by atoms with Crippen LogP contribution in [0.1, 0.15) is 47.3 Å². The Balaban J connectivity index is 1.85. The molecule has 3 aromatic rings. The zero-order valence-corrected chi connectivity index (χ0v) is 15.9. The fraction of sp³-hybridized carbons (Fsp3) is 0.316. The van der Waals surface area contributed by atoms with E-state index in [1.165, 1.54) is 16.8 Å². The minimum Gasteiger partial charge on any atom is -0.461 e. The third kappa shape index (κ3) is 3.50. The van der Waals surface area contributed by atoms with Gasteiger partial charge in [-0.1, -0.05) is 17.7 Å². The molecule has 10 heteroatoms. The Labute approximate surface area is 167 Å². The maximum atomic E-state index is 12.9. The number of fused-ring (bicyclic) bond motifs is 1. The molecule has 2 aromatic heterocycles. The molecule has 0 radical (unpaired) electrons. The third-order valence-corrected chi connectivity index (χ3v) is 5.01. The second-order valence-electron chi connectivity index (χ2n) is 6.74. The van der Waals surface area contributed by atoms with E-state index in [1.807, 2.05) is 0 Å². The summed E-state index contributed by atoms with van der Waals surface area (Å²) in [5.41, 5.74) is -0.0995. The number of benzene rings is 1. The summed E-state index contributed by atoms with van der Waals surface area (Å²) in [6.45, 7) is 1.84. The molecule has 1 N–H and O–H groups in total. The zero-order chi connectivity index (χ0) is 20.9. The standard InChI is InChI=1S/C19H15ClF3N3O3/c1-2-29-18(28)15-14(9-3-4-9)16-17(27)24-13(8-26(16)25-15)10-5-6-11(12(20)7-10)19(21,22)23/h5-9H,2-4H2,1H3,(H,24,27). The van der Waals surface area contributed by atoms with Gasteiger partial charge in [-0.3, -0.25) is 4.79 Å². The van der Waals surface area contributed by atoms with E-state index >= 15 is 0 Å². The van der Waals surface area contributed by atoms with Crippen molar-refractivity contribution in [3.63, 3.8) is 0 Å². The van der Waals surface area contributed by atoms with Gasteiger partial charge in [0.2, 0.25) is 0 Å². The van der Waals surface area contributed by atoms with E-state index in [0.717, 1.165) is 25.0 Å². The average molecular weight is 426 g/mol. The summed E-state index contributed by atoms with van der Waals surface area (Å²) in [5.74, 6) is -0.559. The normalized spacial score (nSPS) is 14.4. The minimum absolute atomic E-state index is 0.0550. The van der Waals surface area contributed by atoms with Gasteiger partial charge >= 0.3 is 12.1 Å². The molecule has 29 heavy (non-hydrogen) atoms. The van der Waals surface area contributed by atoms with Crippen LogP contribution in [-0.2, 0) is 10.9 Å². The van der Waals surface area contributed by atoms with Crippen molar-refractivity contribution in [2.75, 3.05) is 6.61 Å². The van der Waals surface area contributed by atoms with Crippen LogP contribution < -0.4 is 5.56 Å². The Hall–Kier alpha value is -2.81. The molecule has 0 spiro atoms. The van der Waals surface area contributed by atoms with Crippen LogP contribution >= 0.6 is 11.6 Å². The van der Waals surface area contributed by atoms with Gasteiger partial charge in [0.05, 0.1) is 29.1 Å². The maximum Gasteiger partial charge on any atom is 0.417 e. The van der Waals surface area contributed by atoms with Crippen LogP contribution in [0, 0.1) is 0 Å². The Morgan fingerprint density at radius 1 is 1.38 bits per heavy atom. The first kappa shape index (κ1) is 19.5. The molecular formula is C19H15ClF3N3O3. The molecular weight excluding hydrogens is 411 g/mol. The van der Waals surface area contributed by atoms with E-state index in [0.29, 0.717) is 5.56 Å². The summed E-state index contributed by atoms with van der Waals surface area (Å²) in [6.07, 6.45) is -1.46. The Morgan fingerprint density at radius 2 is 2.10 bits per heavy atom. The molecule has 1 aliphatic carbocycles. The predicted molar refractivity (Wildman–Crippen MR) is 99.2 cm³/mol. The van der Waals surface area contributed by atoms with Crippen molar-refractivity contribution >= 4 is 23.1 Å². The first-order chi connectivity index (χ1) is 13.7. The van der Waals surface area contributed by atoms with Gasteiger partial charge in [0, 0.05) is 11.1 Å². The number of aromatic amines is 1. The first-order valence-corrected chi connectivity index (χ1v) is 9.28. The number of alkyl halides is 3. The summed E-state index contributed by atoms with van der Waals surface area (Å²) in [7, 11) is 0. The lowest BCUT2D eigenvalue weighted by Gasteiger charge is -2.10. The lowest BCUT2D eigenvalue weighted by atomic mass is 10.1. The first-order valence-electron chi connectivity index (χ1n) is 8.90. The van der Waals surface area contributed by atoms with E-state index in [9.17, 15) is 22.8 Å². The molecule has 1 saturated carbocycles. The largest absolute Gasteiger partial charge is 0.461 e. The molecule has 0 atom stereocenters. The molecule has 2 heterocycles. The number of aromatic nitrogens is 3. The summed E-state index contributed by atoms with van der Waals surface area (Å²) in [6, 6.07) is 3.19. The molecule has 6 nitrogen and oxygen atoms in total. The van der Waals surface area contributed by atoms with E-state index < -0.39 is 28.3 Å². The minimum atomic E-state index is -4.58. The van der Waals surface area contributed by atoms with Gasteiger partial charge in [0.1, 0.15) is 5.52 Å². The van der Waals surface area contributed by atoms with Crippen LogP contribution in [0.15, 0.2) is 29.2 Å². The number of H-pyrrole nitrogens is 1. The fourth-order valence-corrected chi connectivity index (χ4v) is 3.56. The highest BCUT2D eigenvalue weighted by molar-refractivity contribution is 6.31. The van der Waals surface area contributed by atoms with E-state index in [2.05, 4.69) is 10.1 Å². The highest BCUT2D eigenvalue weighted by Crippen LogP contribution is 2.43. The van der Waals surface area contributed by atoms with E-state index in [1.54, 1.807) is 6.92 Å². The number of carbonyl (C=O) groups excluding carboxylic acids is 1. The zero-order valence-electron chi connectivity index (χ0n) is 15.1. The number of hydrogen-bond acceptors (Lipinski definition) is 4. The average Bonchev–Trinajstić information content (AvgIpc) is 3.40. The van der Waals surface area contributed by atoms with Crippen molar-refractivity contribution in [3.05, 3.63) is 56.6 Å². The number of esters is 1. The molecule has 4 rings (SSSR count). The summed E-state index contributed by atoms with van der Waals surface area (Å²) in [4.78, 5) is 27.7. The van der Waals surface area contributed by atoms with Crippen molar-refractivity contribution in [3.8, 4) is 11.3 Å². The van der Waals surface area contributed by atoms with Gasteiger partial charge in [-0.15, -0.1) is 0 Å². The number of nitrogens with zero attached hydrogens (tertiary/aromatic N) is 2. The smallest absolute Gasteiger partial charge is 0.417 e. The van der Waals surface area contributed by atoms with Crippen molar-refractivity contribution in [1.29, 1.82) is 0 Å². The molecule has 0 amide bonds. The van der Waals surface area contributed by atoms with Gasteiger partial charge in [0.15, 0.2) is 5.69 Å². The SMILES string of the molecule is CCOC(=O)c1nn2cc(-c3ccc(C(F)(F)F)c(Cl)c3)[nH]c(=O)c2c1C1CC1. The molecule has 0 bridgehead atoms. The quantitative estimate of drug-likeness (QED) is 0.628. The topological polar surface area (TPSA) is 76.5 Å². The second-order valence-corrected chi connectivity index (χ2v) is 7.15. The summed E-state index contributed by atoms with van der Waals surface area (Å²) in [5, 5.41) is 3.74. The van der Waals surface area contributed by atoms with Crippen molar-refractivity contribution in [1.82, 2.24) is 14.6 Å². The Bertz CT molecular complexity index is 1180. The number of ether oxygens (including phenoxy) is 1. The predicted octanol–water partition coefficient (Wildman–Crippen LogP) is 4.42. The monoisotopic (exact) mass is 425 g/mol. The van der Waals surface area contributed by atoms with Crippen LogP contribution in [0.3, 0.4) is 0 Å². The van der Waals surface area contributed by atoms with Gasteiger partial charge in [-0.2, -0.15) is 18.3 Å². The van der Waals surface area contributed by atoms with Crippen molar-refractivity contribution in [2.24, 2.45) is 0 Å². The van der Waals surface area contributed by atoms with Crippen LogP contribution in [-0.4, -0.2) is 27.2 Å². The van der Waals surface area contributed by atoms with Crippen LogP contribution in [0.2, 0.25) is 5.02 Å². The lowest BCUT2D eigenvalue weighted by molar-refractivity contribution is -0.137. The van der Waals surface area contributed by atoms with Crippen LogP contribution in [0.25, 0.3) is 16.8 Å². The van der Waals surface area contributed by atoms with Crippen molar-refractivity contribution in [2.45, 2.75) is 31.9 Å². The van der Waals surface area contributed by atoms with Gasteiger partial charge in [0.25, 0.3) is 5.56 Å². The Kier molecular flexibility index (Phi) is 4.65. The highest BCUT2D eigenvalue weighted by Gasteiger charge is 2.35. The summed E-state index contributed by atoms with van der Waals surface area (Å²) < 4.78 is 45.1. The van der Waals surface area contributed by atoms with Crippen molar-refractivity contribution < 1.29 is 22.7 Å². The van der Waals surface area contributed by atoms with Gasteiger partial charge in [-0.25, -0.2) is 9.31 Å². The molecule has 1 fully saturated rings. The molecule has 0 aliphatic heterocycles. The molecule has 1 aromatic carbocycles. The fourth-order valence-electron chi connectivity index (χ4n) is 3.27. The number of halogens is 4. The van der Waals surface area contributed by atoms with Crippen LogP contribution in [0.4, 0.5) is 13.2 Å². The van der Waals surface area contributed by atoms with Crippen LogP contribution in [0.5, 0.6) is 0 Å². The highest BCUT2D eigenvalue weighted by atomic mass is 35.5. The third-order valence-electron chi connectivity index (χ3n) is 4.70. The molecule has 1 aliphatic rings. The van der Waals surface area contributed by atoms with Gasteiger partial charge in [-0.05, 0) is 37.8 Å². The summed E-state index contributed by atoms with van der Waals surface area (Å²) >= 11 is 5.78. The lowest BCUT2D eigenvalue weighted by Crippen LogP contribution is -2.12. The number of carbonyl (C=O) groups is 1. The number of nitrogens with one attached hydrogen (secondary N) is 1. The Morgan fingerprint density at radius 3 is 2.69 bits per heavy atom. The number of hydrogen-bond donors (Lipinski definition) is 1. The second kappa shape index (κ2) is 6.91. The molecule has 0 saturated heterocycles. The van der Waals surface area contributed by atoms with E-state index in [-0.39, 0.29) is 35.0 Å².